The zero-order chi connectivity index (χ0) is 24.5. The summed E-state index contributed by atoms with van der Waals surface area (Å²) in [7, 11) is 0. The van der Waals surface area contributed by atoms with Crippen molar-refractivity contribution >= 4 is 34.3 Å². The number of nitrogens with one attached hydrogen (secondary N) is 2. The first kappa shape index (κ1) is 23.8. The number of hydrogen-bond donors (Lipinski definition) is 2. The van der Waals surface area contributed by atoms with Crippen LogP contribution in [0, 0.1) is 22.7 Å². The molecule has 0 saturated heterocycles. The van der Waals surface area contributed by atoms with Crippen molar-refractivity contribution in [1.29, 1.82) is 5.26 Å². The second kappa shape index (κ2) is 9.47. The average molecular weight is 478 g/mol. The van der Waals surface area contributed by atoms with Gasteiger partial charge in [0.1, 0.15) is 6.04 Å². The second-order valence-electron chi connectivity index (χ2n) is 9.94. The molecular formula is C26H28ClN5O2. The number of carbonyl (C=O) groups is 2. The third kappa shape index (κ3) is 5.40. The van der Waals surface area contributed by atoms with Crippen LogP contribution in [0.4, 0.5) is 0 Å². The smallest absolute Gasteiger partial charge is 0.273 e. The molecule has 1 saturated carbocycles. The van der Waals surface area contributed by atoms with Gasteiger partial charge in [-0.05, 0) is 60.1 Å². The van der Waals surface area contributed by atoms with Gasteiger partial charge in [-0.25, -0.2) is 0 Å². The number of hydrogen-bond acceptors (Lipinski definition) is 4. The summed E-state index contributed by atoms with van der Waals surface area (Å²) in [5.41, 5.74) is 2.01. The molecule has 34 heavy (non-hydrogen) atoms. The van der Waals surface area contributed by atoms with E-state index in [9.17, 15) is 9.59 Å². The topological polar surface area (TPSA) is 99.8 Å². The number of carbonyl (C=O) groups excluding carboxylic acids is 2. The largest absolute Gasteiger partial charge is 0.354 e. The van der Waals surface area contributed by atoms with Gasteiger partial charge in [0.2, 0.25) is 5.91 Å². The molecule has 176 valence electrons. The van der Waals surface area contributed by atoms with E-state index in [0.29, 0.717) is 35.0 Å². The Balaban J connectivity index is 1.62. The maximum atomic E-state index is 13.4. The summed E-state index contributed by atoms with van der Waals surface area (Å²) in [6, 6.07) is 13.9. The van der Waals surface area contributed by atoms with E-state index >= 15 is 0 Å². The molecule has 4 rings (SSSR count). The van der Waals surface area contributed by atoms with Crippen LogP contribution in [-0.2, 0) is 11.3 Å². The molecule has 1 aliphatic rings. The molecule has 2 N–H and O–H groups in total. The molecule has 2 aromatic carbocycles. The Morgan fingerprint density at radius 2 is 1.91 bits per heavy atom. The minimum Gasteiger partial charge on any atom is -0.354 e. The quantitative estimate of drug-likeness (QED) is 0.530. The van der Waals surface area contributed by atoms with Gasteiger partial charge in [-0.1, -0.05) is 44.5 Å². The Morgan fingerprint density at radius 1 is 1.21 bits per heavy atom. The zero-order valence-corrected chi connectivity index (χ0v) is 20.3. The molecule has 0 aliphatic heterocycles. The van der Waals surface area contributed by atoms with Crippen LogP contribution < -0.4 is 10.6 Å². The first-order valence-corrected chi connectivity index (χ1v) is 11.8. The van der Waals surface area contributed by atoms with Gasteiger partial charge in [0, 0.05) is 17.0 Å². The highest BCUT2D eigenvalue weighted by molar-refractivity contribution is 6.31. The van der Waals surface area contributed by atoms with E-state index < -0.39 is 17.4 Å². The molecule has 1 atom stereocenters. The Morgan fingerprint density at radius 3 is 2.53 bits per heavy atom. The van der Waals surface area contributed by atoms with E-state index in [1.54, 1.807) is 28.9 Å². The van der Waals surface area contributed by atoms with Crippen molar-refractivity contribution in [3.8, 4) is 6.07 Å². The lowest BCUT2D eigenvalue weighted by atomic mass is 9.86. The number of rotatable bonds is 7. The number of nitriles is 1. The van der Waals surface area contributed by atoms with Crippen molar-refractivity contribution in [3.05, 3.63) is 64.3 Å². The lowest BCUT2D eigenvalue weighted by molar-refractivity contribution is -0.125. The molecule has 0 bridgehead atoms. The number of aromatic nitrogens is 2. The van der Waals surface area contributed by atoms with Crippen LogP contribution in [0.25, 0.3) is 10.9 Å². The molecule has 1 heterocycles. The minimum atomic E-state index is -0.711. The van der Waals surface area contributed by atoms with Crippen molar-refractivity contribution < 1.29 is 9.59 Å². The first-order valence-electron chi connectivity index (χ1n) is 11.4. The fourth-order valence-electron chi connectivity index (χ4n) is 3.84. The predicted octanol–water partition coefficient (Wildman–Crippen LogP) is 4.28. The lowest BCUT2D eigenvalue weighted by Gasteiger charge is -2.30. The van der Waals surface area contributed by atoms with Crippen LogP contribution in [0.2, 0.25) is 5.02 Å². The Hall–Kier alpha value is -3.37. The van der Waals surface area contributed by atoms with E-state index in [1.807, 2.05) is 39.0 Å². The van der Waals surface area contributed by atoms with Gasteiger partial charge in [0.05, 0.1) is 23.7 Å². The number of benzene rings is 2. The second-order valence-corrected chi connectivity index (χ2v) is 10.4. The van der Waals surface area contributed by atoms with E-state index in [1.165, 1.54) is 0 Å². The maximum absolute atomic E-state index is 13.4. The highest BCUT2D eigenvalue weighted by Crippen LogP contribution is 2.28. The van der Waals surface area contributed by atoms with Gasteiger partial charge in [-0.2, -0.15) is 10.4 Å². The fraction of sp³-hybridized carbons (Fsp3) is 0.385. The van der Waals surface area contributed by atoms with E-state index in [-0.39, 0.29) is 11.6 Å². The summed E-state index contributed by atoms with van der Waals surface area (Å²) in [6.45, 7) is 6.83. The summed E-state index contributed by atoms with van der Waals surface area (Å²) >= 11 is 6.24. The van der Waals surface area contributed by atoms with Gasteiger partial charge in [0.25, 0.3) is 5.91 Å². The monoisotopic (exact) mass is 477 g/mol. The van der Waals surface area contributed by atoms with Crippen LogP contribution in [0.15, 0.2) is 42.5 Å². The average Bonchev–Trinajstić information content (AvgIpc) is 3.56. The molecule has 0 spiro atoms. The van der Waals surface area contributed by atoms with Gasteiger partial charge in [0.15, 0.2) is 5.69 Å². The molecule has 0 radical (unpaired) electrons. The molecule has 2 amide bonds. The third-order valence-corrected chi connectivity index (χ3v) is 6.24. The minimum absolute atomic E-state index is 0.188. The highest BCUT2D eigenvalue weighted by Gasteiger charge is 2.35. The van der Waals surface area contributed by atoms with Crippen molar-refractivity contribution in [3.63, 3.8) is 0 Å². The standard InChI is InChI=1S/C26H28ClN5O2/c1-26(2,3)23(25(34)29-14-17-6-7-17)30-24(33)22-20-12-19(27)10-11-21(20)32(31-22)15-18-8-4-16(13-28)5-9-18/h4-5,8-12,17,23H,6-7,14-15H2,1-3H3,(H,29,34)(H,30,33)/t23-/m1/s1. The number of halogens is 1. The summed E-state index contributed by atoms with van der Waals surface area (Å²) < 4.78 is 1.74. The van der Waals surface area contributed by atoms with Crippen LogP contribution in [0.5, 0.6) is 0 Å². The van der Waals surface area contributed by atoms with Gasteiger partial charge in [-0.15, -0.1) is 0 Å². The zero-order valence-electron chi connectivity index (χ0n) is 19.6. The highest BCUT2D eigenvalue weighted by atomic mass is 35.5. The van der Waals surface area contributed by atoms with Gasteiger partial charge < -0.3 is 10.6 Å². The normalized spacial score (nSPS) is 14.4. The molecule has 7 nitrogen and oxygen atoms in total. The molecular weight excluding hydrogens is 450 g/mol. The Labute approximate surface area is 204 Å². The molecule has 0 unspecified atom stereocenters. The van der Waals surface area contributed by atoms with E-state index in [2.05, 4.69) is 21.8 Å². The Kier molecular flexibility index (Phi) is 6.63. The third-order valence-electron chi connectivity index (χ3n) is 6.01. The van der Waals surface area contributed by atoms with Crippen LogP contribution in [0.3, 0.4) is 0 Å². The number of amides is 2. The molecule has 8 heteroatoms. The molecule has 3 aromatic rings. The fourth-order valence-corrected chi connectivity index (χ4v) is 4.01. The number of fused-ring (bicyclic) bond motifs is 1. The first-order chi connectivity index (χ1) is 16.2. The van der Waals surface area contributed by atoms with E-state index in [4.69, 9.17) is 16.9 Å². The SMILES string of the molecule is CC(C)(C)[C@H](NC(=O)c1nn(Cc2ccc(C#N)cc2)c2ccc(Cl)cc12)C(=O)NCC1CC1. The lowest BCUT2D eigenvalue weighted by Crippen LogP contribution is -2.54. The van der Waals surface area contributed by atoms with Gasteiger partial charge >= 0.3 is 0 Å². The summed E-state index contributed by atoms with van der Waals surface area (Å²) in [5.74, 6) is -0.0660. The van der Waals surface area contributed by atoms with Crippen molar-refractivity contribution in [2.24, 2.45) is 11.3 Å². The summed E-state index contributed by atoms with van der Waals surface area (Å²) in [6.07, 6.45) is 2.27. The van der Waals surface area contributed by atoms with Gasteiger partial charge in [-0.3, -0.25) is 14.3 Å². The van der Waals surface area contributed by atoms with E-state index in [0.717, 1.165) is 23.9 Å². The maximum Gasteiger partial charge on any atom is 0.273 e. The molecule has 1 aromatic heterocycles. The van der Waals surface area contributed by atoms with Crippen LogP contribution >= 0.6 is 11.6 Å². The summed E-state index contributed by atoms with van der Waals surface area (Å²) in [5, 5.41) is 20.6. The van der Waals surface area contributed by atoms with Crippen molar-refractivity contribution in [2.45, 2.75) is 46.2 Å². The van der Waals surface area contributed by atoms with Crippen molar-refractivity contribution in [2.75, 3.05) is 6.54 Å². The molecule has 1 aliphatic carbocycles. The molecule has 1 fully saturated rings. The van der Waals surface area contributed by atoms with Crippen LogP contribution in [-0.4, -0.2) is 34.2 Å². The Bertz CT molecular complexity index is 1260. The summed E-state index contributed by atoms with van der Waals surface area (Å²) in [4.78, 5) is 26.3. The van der Waals surface area contributed by atoms with Crippen molar-refractivity contribution in [1.82, 2.24) is 20.4 Å². The van der Waals surface area contributed by atoms with Crippen LogP contribution in [0.1, 0.15) is 55.2 Å². The predicted molar refractivity (Wildman–Crippen MR) is 131 cm³/mol. The number of nitrogens with zero attached hydrogens (tertiary/aromatic N) is 3.